The van der Waals surface area contributed by atoms with E-state index in [-0.39, 0.29) is 12.1 Å². The molecule has 5 nitrogen and oxygen atoms in total. The molecular formula is C11H25N3O2S. The first-order valence-electron chi connectivity index (χ1n) is 6.26. The topological polar surface area (TPSA) is 84.2 Å². The lowest BCUT2D eigenvalue weighted by Gasteiger charge is -2.26. The quantitative estimate of drug-likeness (QED) is 0.661. The second-order valence-electron chi connectivity index (χ2n) is 5.88. The van der Waals surface area contributed by atoms with Crippen molar-refractivity contribution in [3.63, 3.8) is 0 Å². The van der Waals surface area contributed by atoms with Gasteiger partial charge in [0.2, 0.25) is 0 Å². The molecule has 0 spiro atoms. The molecule has 0 aromatic carbocycles. The van der Waals surface area contributed by atoms with Crippen LogP contribution in [-0.4, -0.2) is 26.0 Å². The van der Waals surface area contributed by atoms with Gasteiger partial charge in [0, 0.05) is 17.6 Å². The van der Waals surface area contributed by atoms with Crippen molar-refractivity contribution >= 4 is 10.2 Å². The second-order valence-corrected chi connectivity index (χ2v) is 7.33. The number of hydrogen-bond donors (Lipinski definition) is 3. The molecule has 4 N–H and O–H groups in total. The zero-order valence-electron chi connectivity index (χ0n) is 11.0. The van der Waals surface area contributed by atoms with E-state index in [2.05, 4.69) is 9.44 Å². The van der Waals surface area contributed by atoms with Gasteiger partial charge in [-0.15, -0.1) is 0 Å². The standard InChI is InChI=1S/C11H25N3O2S/c1-11(2,3)14-17(15,16)13-10-8-6-4-5-7-9(10)12/h9-10,13-14H,4-8,12H2,1-3H3. The molecule has 0 heterocycles. The highest BCUT2D eigenvalue weighted by Gasteiger charge is 2.27. The van der Waals surface area contributed by atoms with Crippen LogP contribution in [-0.2, 0) is 10.2 Å². The molecule has 0 aromatic heterocycles. The highest BCUT2D eigenvalue weighted by molar-refractivity contribution is 7.87. The lowest BCUT2D eigenvalue weighted by atomic mass is 10.1. The Hall–Kier alpha value is -0.170. The van der Waals surface area contributed by atoms with Gasteiger partial charge in [0.1, 0.15) is 0 Å². The van der Waals surface area contributed by atoms with E-state index in [1.165, 1.54) is 0 Å². The van der Waals surface area contributed by atoms with Crippen molar-refractivity contribution in [1.29, 1.82) is 0 Å². The Kier molecular flexibility index (Phi) is 4.95. The Morgan fingerprint density at radius 2 is 1.71 bits per heavy atom. The molecule has 0 radical (unpaired) electrons. The maximum atomic E-state index is 11.9. The third kappa shape index (κ3) is 5.81. The highest BCUT2D eigenvalue weighted by atomic mass is 32.2. The van der Waals surface area contributed by atoms with E-state index in [0.29, 0.717) is 0 Å². The lowest BCUT2D eigenvalue weighted by molar-refractivity contribution is 0.435. The number of nitrogens with one attached hydrogen (secondary N) is 2. The normalized spacial score (nSPS) is 27.8. The molecule has 6 heteroatoms. The van der Waals surface area contributed by atoms with E-state index in [1.54, 1.807) is 0 Å². The fourth-order valence-electron chi connectivity index (χ4n) is 2.11. The summed E-state index contributed by atoms with van der Waals surface area (Å²) in [6.07, 6.45) is 4.98. The Labute approximate surface area is 105 Å². The van der Waals surface area contributed by atoms with E-state index in [4.69, 9.17) is 5.73 Å². The smallest absolute Gasteiger partial charge is 0.277 e. The summed E-state index contributed by atoms with van der Waals surface area (Å²) in [6.45, 7) is 5.46. The predicted molar refractivity (Wildman–Crippen MR) is 69.8 cm³/mol. The first kappa shape index (κ1) is 14.9. The van der Waals surface area contributed by atoms with Crippen molar-refractivity contribution in [2.75, 3.05) is 0 Å². The van der Waals surface area contributed by atoms with Gasteiger partial charge in [-0.1, -0.05) is 19.3 Å². The molecule has 102 valence electrons. The Balaban J connectivity index is 2.62. The van der Waals surface area contributed by atoms with Gasteiger partial charge in [-0.05, 0) is 33.6 Å². The van der Waals surface area contributed by atoms with Crippen LogP contribution in [0.2, 0.25) is 0 Å². The molecule has 0 saturated heterocycles. The molecule has 2 unspecified atom stereocenters. The largest absolute Gasteiger partial charge is 0.326 e. The van der Waals surface area contributed by atoms with Gasteiger partial charge in [0.25, 0.3) is 10.2 Å². The van der Waals surface area contributed by atoms with Gasteiger partial charge >= 0.3 is 0 Å². The van der Waals surface area contributed by atoms with Crippen molar-refractivity contribution < 1.29 is 8.42 Å². The molecule has 1 rings (SSSR count). The molecule has 2 atom stereocenters. The van der Waals surface area contributed by atoms with Gasteiger partial charge in [0.05, 0.1) is 0 Å². The van der Waals surface area contributed by atoms with Crippen LogP contribution in [0.3, 0.4) is 0 Å². The van der Waals surface area contributed by atoms with E-state index in [9.17, 15) is 8.42 Å². The minimum absolute atomic E-state index is 0.0750. The molecule has 1 aliphatic rings. The van der Waals surface area contributed by atoms with E-state index in [0.717, 1.165) is 32.1 Å². The summed E-state index contributed by atoms with van der Waals surface area (Å²) in [6, 6.07) is -0.216. The zero-order chi connectivity index (χ0) is 13.1. The molecule has 0 aromatic rings. The summed E-state index contributed by atoms with van der Waals surface area (Å²) in [5.41, 5.74) is 5.52. The van der Waals surface area contributed by atoms with Crippen molar-refractivity contribution in [1.82, 2.24) is 9.44 Å². The predicted octanol–water partition coefficient (Wildman–Crippen LogP) is 0.869. The number of nitrogens with two attached hydrogens (primary N) is 1. The molecule has 1 fully saturated rings. The Morgan fingerprint density at radius 1 is 1.12 bits per heavy atom. The molecule has 0 aliphatic heterocycles. The number of rotatable bonds is 3. The fraction of sp³-hybridized carbons (Fsp3) is 1.00. The van der Waals surface area contributed by atoms with Crippen molar-refractivity contribution in [3.8, 4) is 0 Å². The van der Waals surface area contributed by atoms with Gasteiger partial charge in [-0.2, -0.15) is 17.9 Å². The SMILES string of the molecule is CC(C)(C)NS(=O)(=O)NC1CCCCCC1N. The summed E-state index contributed by atoms with van der Waals surface area (Å²) >= 11 is 0. The molecule has 1 saturated carbocycles. The van der Waals surface area contributed by atoms with Crippen molar-refractivity contribution in [3.05, 3.63) is 0 Å². The Morgan fingerprint density at radius 3 is 2.29 bits per heavy atom. The first-order chi connectivity index (χ1) is 7.70. The van der Waals surface area contributed by atoms with Crippen LogP contribution in [0.4, 0.5) is 0 Å². The first-order valence-corrected chi connectivity index (χ1v) is 7.75. The molecular weight excluding hydrogens is 238 g/mol. The third-order valence-electron chi connectivity index (χ3n) is 2.82. The zero-order valence-corrected chi connectivity index (χ0v) is 11.8. The van der Waals surface area contributed by atoms with Gasteiger partial charge in [0.15, 0.2) is 0 Å². The van der Waals surface area contributed by atoms with Crippen LogP contribution in [0.25, 0.3) is 0 Å². The van der Waals surface area contributed by atoms with Crippen LogP contribution in [0.15, 0.2) is 0 Å². The average Bonchev–Trinajstić information content (AvgIpc) is 2.27. The third-order valence-corrected chi connectivity index (χ3v) is 4.31. The van der Waals surface area contributed by atoms with Crippen LogP contribution in [0, 0.1) is 0 Å². The summed E-state index contributed by atoms with van der Waals surface area (Å²) in [5.74, 6) is 0. The fourth-order valence-corrected chi connectivity index (χ4v) is 3.67. The van der Waals surface area contributed by atoms with E-state index < -0.39 is 15.7 Å². The summed E-state index contributed by atoms with van der Waals surface area (Å²) in [7, 11) is -3.47. The average molecular weight is 263 g/mol. The van der Waals surface area contributed by atoms with Crippen LogP contribution >= 0.6 is 0 Å². The van der Waals surface area contributed by atoms with Crippen LogP contribution < -0.4 is 15.2 Å². The molecule has 17 heavy (non-hydrogen) atoms. The van der Waals surface area contributed by atoms with Crippen LogP contribution in [0.1, 0.15) is 52.9 Å². The molecule has 0 amide bonds. The van der Waals surface area contributed by atoms with Crippen molar-refractivity contribution in [2.45, 2.75) is 70.5 Å². The van der Waals surface area contributed by atoms with Gasteiger partial charge in [-0.3, -0.25) is 0 Å². The number of hydrogen-bond acceptors (Lipinski definition) is 3. The monoisotopic (exact) mass is 263 g/mol. The maximum Gasteiger partial charge on any atom is 0.277 e. The molecule has 1 aliphatic carbocycles. The van der Waals surface area contributed by atoms with Crippen LogP contribution in [0.5, 0.6) is 0 Å². The summed E-state index contributed by atoms with van der Waals surface area (Å²) in [4.78, 5) is 0. The Bertz CT molecular complexity index is 335. The van der Waals surface area contributed by atoms with E-state index >= 15 is 0 Å². The minimum atomic E-state index is -3.47. The van der Waals surface area contributed by atoms with Gasteiger partial charge in [-0.25, -0.2) is 0 Å². The summed E-state index contributed by atoms with van der Waals surface area (Å²) < 4.78 is 29.1. The highest BCUT2D eigenvalue weighted by Crippen LogP contribution is 2.17. The van der Waals surface area contributed by atoms with E-state index in [1.807, 2.05) is 20.8 Å². The minimum Gasteiger partial charge on any atom is -0.326 e. The molecule has 0 bridgehead atoms. The second kappa shape index (κ2) is 5.65. The summed E-state index contributed by atoms with van der Waals surface area (Å²) in [5, 5.41) is 0. The lowest BCUT2D eigenvalue weighted by Crippen LogP contribution is -2.54. The maximum absolute atomic E-state index is 11.9. The van der Waals surface area contributed by atoms with Gasteiger partial charge < -0.3 is 5.73 Å². The van der Waals surface area contributed by atoms with Crippen molar-refractivity contribution in [2.24, 2.45) is 5.73 Å².